The van der Waals surface area contributed by atoms with Gasteiger partial charge in [0.15, 0.2) is 0 Å². The van der Waals surface area contributed by atoms with E-state index in [0.717, 1.165) is 0 Å². The normalized spacial score (nSPS) is 10.9. The molecule has 0 rings (SSSR count). The van der Waals surface area contributed by atoms with E-state index in [1.54, 1.807) is 20.8 Å². The van der Waals surface area contributed by atoms with Crippen LogP contribution in [0.4, 0.5) is 0 Å². The summed E-state index contributed by atoms with van der Waals surface area (Å²) in [6, 6.07) is 0. The monoisotopic (exact) mass is 165 g/mol. The van der Waals surface area contributed by atoms with Gasteiger partial charge in [0, 0.05) is 0 Å². The van der Waals surface area contributed by atoms with E-state index in [1.807, 2.05) is 0 Å². The molecule has 0 aromatic carbocycles. The molecule has 0 aromatic rings. The lowest BCUT2D eigenvalue weighted by Crippen LogP contribution is -2.10. The molecule has 2 heteroatoms. The van der Waals surface area contributed by atoms with Crippen molar-refractivity contribution in [2.45, 2.75) is 54.1 Å². The topological polar surface area (TPSA) is 51.7 Å². The largest absolute Gasteiger partial charge is 1.00 e. The SMILES string of the molecule is CC(C)(C)C.CC(C)(C)O.O.[H+]. The Hall–Kier alpha value is -0.0800. The van der Waals surface area contributed by atoms with Crippen molar-refractivity contribution in [2.24, 2.45) is 5.41 Å². The molecule has 0 saturated carbocycles. The van der Waals surface area contributed by atoms with Crippen molar-refractivity contribution in [3.8, 4) is 0 Å². The molecule has 3 N–H and O–H groups in total. The standard InChI is InChI=1S/C5H12.C4H10O.H2O/c1-5(2,3)4;1-4(2,3)5;/h1-4H3;5H,1-3H3;1H2/p+1. The second-order valence-electron chi connectivity index (χ2n) is 5.17. The molecular weight excluding hydrogens is 140 g/mol. The molecule has 0 amide bonds. The van der Waals surface area contributed by atoms with Crippen LogP contribution < -0.4 is 0 Å². The van der Waals surface area contributed by atoms with Crippen molar-refractivity contribution in [3.05, 3.63) is 0 Å². The summed E-state index contributed by atoms with van der Waals surface area (Å²) in [5.41, 5.74) is 0. The maximum atomic E-state index is 8.52. The van der Waals surface area contributed by atoms with Crippen LogP contribution in [-0.4, -0.2) is 16.2 Å². The molecule has 72 valence electrons. The summed E-state index contributed by atoms with van der Waals surface area (Å²) in [6.07, 6.45) is 0. The van der Waals surface area contributed by atoms with E-state index in [1.165, 1.54) is 0 Å². The highest BCUT2D eigenvalue weighted by Crippen LogP contribution is 2.08. The summed E-state index contributed by atoms with van der Waals surface area (Å²) < 4.78 is 0. The van der Waals surface area contributed by atoms with Crippen LogP contribution in [0.2, 0.25) is 0 Å². The highest BCUT2D eigenvalue weighted by Gasteiger charge is 1.97. The Bertz CT molecular complexity index is 55.5. The van der Waals surface area contributed by atoms with E-state index in [0.29, 0.717) is 5.41 Å². The van der Waals surface area contributed by atoms with Gasteiger partial charge in [-0.05, 0) is 26.2 Å². The lowest BCUT2D eigenvalue weighted by Gasteiger charge is -2.05. The van der Waals surface area contributed by atoms with E-state index in [-0.39, 0.29) is 6.90 Å². The molecule has 0 fully saturated rings. The van der Waals surface area contributed by atoms with Gasteiger partial charge in [-0.15, -0.1) is 0 Å². The van der Waals surface area contributed by atoms with Gasteiger partial charge in [-0.1, -0.05) is 27.7 Å². The lowest BCUT2D eigenvalue weighted by atomic mass is 10.0. The minimum atomic E-state index is -0.500. The number of aliphatic hydroxyl groups is 1. The van der Waals surface area contributed by atoms with Gasteiger partial charge in [-0.25, -0.2) is 0 Å². The zero-order chi connectivity index (χ0) is 9.00. The maximum absolute atomic E-state index is 8.52. The Kier molecular flexibility index (Phi) is 8.65. The Labute approximate surface area is 72.4 Å². The van der Waals surface area contributed by atoms with Gasteiger partial charge in [0.1, 0.15) is 0 Å². The van der Waals surface area contributed by atoms with Crippen LogP contribution in [0.3, 0.4) is 0 Å². The van der Waals surface area contributed by atoms with Crippen LogP contribution in [0.25, 0.3) is 0 Å². The summed E-state index contributed by atoms with van der Waals surface area (Å²) in [6.45, 7) is 14.0. The zero-order valence-corrected chi connectivity index (χ0v) is 8.95. The van der Waals surface area contributed by atoms with Crippen LogP contribution in [0.1, 0.15) is 49.9 Å². The molecule has 0 aliphatic rings. The first kappa shape index (κ1) is 17.1. The minimum Gasteiger partial charge on any atom is -0.412 e. The van der Waals surface area contributed by atoms with Gasteiger partial charge in [0.2, 0.25) is 0 Å². The van der Waals surface area contributed by atoms with E-state index >= 15 is 0 Å². The molecule has 0 radical (unpaired) electrons. The third kappa shape index (κ3) is 97200. The van der Waals surface area contributed by atoms with Crippen molar-refractivity contribution in [3.63, 3.8) is 0 Å². The molecule has 2 nitrogen and oxygen atoms in total. The Morgan fingerprint density at radius 3 is 0.818 bits per heavy atom. The first-order valence-corrected chi connectivity index (χ1v) is 3.72. The number of rotatable bonds is 0. The quantitative estimate of drug-likeness (QED) is 0.587. The molecule has 0 atom stereocenters. The summed E-state index contributed by atoms with van der Waals surface area (Å²) in [5.74, 6) is 0. The average Bonchev–Trinajstić information content (AvgIpc) is 1.12. The van der Waals surface area contributed by atoms with Gasteiger partial charge in [0.05, 0.1) is 5.60 Å². The van der Waals surface area contributed by atoms with Crippen LogP contribution in [0.5, 0.6) is 0 Å². The molecule has 0 aliphatic heterocycles. The predicted molar refractivity (Wildman–Crippen MR) is 51.8 cm³/mol. The molecule has 0 heterocycles. The second-order valence-corrected chi connectivity index (χ2v) is 5.17. The molecule has 11 heavy (non-hydrogen) atoms. The smallest absolute Gasteiger partial charge is 0.412 e. The molecular formula is C9H25O2+. The third-order valence-corrected chi connectivity index (χ3v) is 0. The highest BCUT2D eigenvalue weighted by atomic mass is 16.3. The summed E-state index contributed by atoms with van der Waals surface area (Å²) in [5, 5.41) is 8.52. The summed E-state index contributed by atoms with van der Waals surface area (Å²) in [7, 11) is 0. The van der Waals surface area contributed by atoms with Crippen LogP contribution in [0.15, 0.2) is 0 Å². The second kappa shape index (κ2) is 5.56. The number of hydrogen-bond acceptors (Lipinski definition) is 1. The Morgan fingerprint density at radius 2 is 0.818 bits per heavy atom. The van der Waals surface area contributed by atoms with Gasteiger partial charge in [-0.3, -0.25) is 0 Å². The average molecular weight is 165 g/mol. The molecule has 0 saturated heterocycles. The van der Waals surface area contributed by atoms with Gasteiger partial charge in [0.25, 0.3) is 0 Å². The fourth-order valence-electron chi connectivity index (χ4n) is 0. The third-order valence-electron chi connectivity index (χ3n) is 0. The maximum Gasteiger partial charge on any atom is 1.00 e. The summed E-state index contributed by atoms with van der Waals surface area (Å²) >= 11 is 0. The first-order valence-electron chi connectivity index (χ1n) is 3.72. The van der Waals surface area contributed by atoms with E-state index in [4.69, 9.17) is 5.11 Å². The zero-order valence-electron chi connectivity index (χ0n) is 9.95. The molecule has 0 aliphatic carbocycles. The Morgan fingerprint density at radius 1 is 0.818 bits per heavy atom. The summed E-state index contributed by atoms with van der Waals surface area (Å²) in [4.78, 5) is 0. The van der Waals surface area contributed by atoms with Crippen LogP contribution in [-0.2, 0) is 0 Å². The van der Waals surface area contributed by atoms with E-state index < -0.39 is 5.60 Å². The fourth-order valence-corrected chi connectivity index (χ4v) is 0. The fraction of sp³-hybridized carbons (Fsp3) is 1.00. The van der Waals surface area contributed by atoms with Crippen molar-refractivity contribution >= 4 is 0 Å². The van der Waals surface area contributed by atoms with Crippen LogP contribution in [0, 0.1) is 5.41 Å². The van der Waals surface area contributed by atoms with Gasteiger partial charge < -0.3 is 10.6 Å². The van der Waals surface area contributed by atoms with Gasteiger partial charge in [-0.2, -0.15) is 0 Å². The highest BCUT2D eigenvalue weighted by molar-refractivity contribution is 4.50. The van der Waals surface area contributed by atoms with Gasteiger partial charge >= 0.3 is 1.43 Å². The van der Waals surface area contributed by atoms with Crippen molar-refractivity contribution in [2.75, 3.05) is 0 Å². The van der Waals surface area contributed by atoms with Crippen molar-refractivity contribution in [1.29, 1.82) is 0 Å². The van der Waals surface area contributed by atoms with Crippen molar-refractivity contribution in [1.82, 2.24) is 0 Å². The van der Waals surface area contributed by atoms with E-state index in [2.05, 4.69) is 27.7 Å². The molecule has 0 bridgehead atoms. The van der Waals surface area contributed by atoms with Crippen molar-refractivity contribution < 1.29 is 12.0 Å². The lowest BCUT2D eigenvalue weighted by molar-refractivity contribution is 0.102. The molecule has 0 spiro atoms. The molecule has 0 unspecified atom stereocenters. The minimum absolute atomic E-state index is 0. The predicted octanol–water partition coefficient (Wildman–Crippen LogP) is 2.12. The molecule has 0 aromatic heterocycles. The van der Waals surface area contributed by atoms with E-state index in [9.17, 15) is 0 Å². The number of hydrogen-bond donors (Lipinski definition) is 1. The first-order chi connectivity index (χ1) is 4.00. The van der Waals surface area contributed by atoms with Crippen LogP contribution >= 0.6 is 0 Å². The Balaban J connectivity index is -0.0000000457.